The molecule has 2 N–H and O–H groups in total. The van der Waals surface area contributed by atoms with Gasteiger partial charge in [-0.1, -0.05) is 6.92 Å². The first-order valence-corrected chi connectivity index (χ1v) is 8.08. The molecule has 3 aliphatic rings. The van der Waals surface area contributed by atoms with Gasteiger partial charge >= 0.3 is 0 Å². The van der Waals surface area contributed by atoms with Gasteiger partial charge in [0.2, 0.25) is 5.91 Å². The van der Waals surface area contributed by atoms with Crippen LogP contribution in [0, 0.1) is 5.41 Å². The van der Waals surface area contributed by atoms with Crippen molar-refractivity contribution in [2.24, 2.45) is 5.41 Å². The Morgan fingerprint density at radius 2 is 2.45 bits per heavy atom. The van der Waals surface area contributed by atoms with E-state index in [9.17, 15) is 4.79 Å². The van der Waals surface area contributed by atoms with Gasteiger partial charge in [-0.05, 0) is 38.8 Å². The van der Waals surface area contributed by atoms with Crippen molar-refractivity contribution in [2.75, 3.05) is 39.3 Å². The lowest BCUT2D eigenvalue weighted by Crippen LogP contribution is -2.52. The smallest absolute Gasteiger partial charge is 0.227 e. The van der Waals surface area contributed by atoms with E-state index in [4.69, 9.17) is 4.74 Å². The molecule has 114 valence electrons. The van der Waals surface area contributed by atoms with Gasteiger partial charge in [0.1, 0.15) is 0 Å². The Bertz CT molecular complexity index is 355. The molecule has 0 radical (unpaired) electrons. The van der Waals surface area contributed by atoms with Crippen LogP contribution in [-0.4, -0.2) is 62.3 Å². The summed E-state index contributed by atoms with van der Waals surface area (Å²) in [5, 5.41) is 6.45. The highest BCUT2D eigenvalue weighted by atomic mass is 16.5. The van der Waals surface area contributed by atoms with E-state index in [0.717, 1.165) is 39.1 Å². The third-order valence-corrected chi connectivity index (χ3v) is 5.35. The van der Waals surface area contributed by atoms with Crippen LogP contribution in [0.3, 0.4) is 0 Å². The number of rotatable bonds is 4. The zero-order valence-corrected chi connectivity index (χ0v) is 12.5. The Morgan fingerprint density at radius 1 is 1.55 bits per heavy atom. The fourth-order valence-corrected chi connectivity index (χ4v) is 3.80. The molecule has 3 unspecified atom stereocenters. The molecule has 3 atom stereocenters. The van der Waals surface area contributed by atoms with Crippen molar-refractivity contribution in [3.05, 3.63) is 0 Å². The molecule has 3 aliphatic heterocycles. The molecule has 1 amide bonds. The molecule has 5 nitrogen and oxygen atoms in total. The minimum atomic E-state index is -0.190. The molecular formula is C15H27N3O2. The summed E-state index contributed by atoms with van der Waals surface area (Å²) in [7, 11) is 0. The standard InChI is InChI=1S/C15H27N3O2/c1-2-15(5-6-16-11-15)14(19)17-8-13-9-18-7-3-4-12(18)10-20-13/h12-13,16H,2-11H2,1H3,(H,17,19). The number of carbonyl (C=O) groups excluding carboxylic acids is 1. The number of nitrogens with one attached hydrogen (secondary N) is 2. The number of ether oxygens (including phenoxy) is 1. The van der Waals surface area contributed by atoms with Gasteiger partial charge in [-0.3, -0.25) is 9.69 Å². The predicted molar refractivity (Wildman–Crippen MR) is 77.6 cm³/mol. The molecule has 0 aromatic carbocycles. The highest BCUT2D eigenvalue weighted by molar-refractivity contribution is 5.83. The molecule has 3 heterocycles. The summed E-state index contributed by atoms with van der Waals surface area (Å²) < 4.78 is 5.90. The van der Waals surface area contributed by atoms with Crippen molar-refractivity contribution in [1.82, 2.24) is 15.5 Å². The number of nitrogens with zero attached hydrogens (tertiary/aromatic N) is 1. The van der Waals surface area contributed by atoms with Gasteiger partial charge in [0, 0.05) is 25.7 Å². The summed E-state index contributed by atoms with van der Waals surface area (Å²) in [6.45, 7) is 7.54. The molecule has 3 rings (SSSR count). The summed E-state index contributed by atoms with van der Waals surface area (Å²) >= 11 is 0. The Kier molecular flexibility index (Phi) is 4.29. The van der Waals surface area contributed by atoms with Crippen LogP contribution < -0.4 is 10.6 Å². The summed E-state index contributed by atoms with van der Waals surface area (Å²) in [6, 6.07) is 0.628. The SMILES string of the molecule is CCC1(C(=O)NCC2CN3CCCC3CO2)CCNC1. The van der Waals surface area contributed by atoms with Crippen molar-refractivity contribution in [3.8, 4) is 0 Å². The van der Waals surface area contributed by atoms with E-state index in [1.807, 2.05) is 0 Å². The second-order valence-electron chi connectivity index (χ2n) is 6.52. The number of hydrogen-bond donors (Lipinski definition) is 2. The van der Waals surface area contributed by atoms with Crippen molar-refractivity contribution >= 4 is 5.91 Å². The van der Waals surface area contributed by atoms with E-state index in [2.05, 4.69) is 22.5 Å². The highest BCUT2D eigenvalue weighted by Crippen LogP contribution is 2.29. The molecule has 0 spiro atoms. The normalized spacial score (nSPS) is 37.9. The van der Waals surface area contributed by atoms with Crippen molar-refractivity contribution < 1.29 is 9.53 Å². The fraction of sp³-hybridized carbons (Fsp3) is 0.933. The van der Waals surface area contributed by atoms with Crippen LogP contribution in [-0.2, 0) is 9.53 Å². The molecule has 0 aliphatic carbocycles. The number of carbonyl (C=O) groups is 1. The second kappa shape index (κ2) is 6.00. The van der Waals surface area contributed by atoms with Gasteiger partial charge in [-0.25, -0.2) is 0 Å². The van der Waals surface area contributed by atoms with Gasteiger partial charge < -0.3 is 15.4 Å². The molecule has 0 aromatic rings. The molecule has 0 saturated carbocycles. The lowest BCUT2D eigenvalue weighted by molar-refractivity contribution is -0.131. The molecule has 0 aromatic heterocycles. The maximum Gasteiger partial charge on any atom is 0.227 e. The van der Waals surface area contributed by atoms with E-state index in [1.54, 1.807) is 0 Å². The number of fused-ring (bicyclic) bond motifs is 1. The van der Waals surface area contributed by atoms with Crippen LogP contribution in [0.1, 0.15) is 32.6 Å². The molecule has 5 heteroatoms. The molecular weight excluding hydrogens is 254 g/mol. The molecule has 3 fully saturated rings. The lowest BCUT2D eigenvalue weighted by atomic mass is 9.83. The summed E-state index contributed by atoms with van der Waals surface area (Å²) in [5.41, 5.74) is -0.190. The first-order valence-electron chi connectivity index (χ1n) is 8.08. The van der Waals surface area contributed by atoms with Crippen LogP contribution in [0.25, 0.3) is 0 Å². The first kappa shape index (κ1) is 14.3. The maximum atomic E-state index is 12.4. The monoisotopic (exact) mass is 281 g/mol. The Hall–Kier alpha value is -0.650. The maximum absolute atomic E-state index is 12.4. The zero-order chi connectivity index (χ0) is 14.0. The molecule has 0 bridgehead atoms. The van der Waals surface area contributed by atoms with E-state index < -0.39 is 0 Å². The van der Waals surface area contributed by atoms with E-state index in [1.165, 1.54) is 19.4 Å². The average molecular weight is 281 g/mol. The number of amides is 1. The van der Waals surface area contributed by atoms with Gasteiger partial charge in [0.05, 0.1) is 18.1 Å². The summed E-state index contributed by atoms with van der Waals surface area (Å²) in [4.78, 5) is 15.0. The van der Waals surface area contributed by atoms with Gasteiger partial charge in [-0.15, -0.1) is 0 Å². The van der Waals surface area contributed by atoms with Crippen molar-refractivity contribution in [3.63, 3.8) is 0 Å². The Balaban J connectivity index is 1.48. The van der Waals surface area contributed by atoms with E-state index >= 15 is 0 Å². The quantitative estimate of drug-likeness (QED) is 0.781. The average Bonchev–Trinajstić information content (AvgIpc) is 3.13. The van der Waals surface area contributed by atoms with Gasteiger partial charge in [0.15, 0.2) is 0 Å². The Morgan fingerprint density at radius 3 is 3.20 bits per heavy atom. The highest BCUT2D eigenvalue weighted by Gasteiger charge is 2.40. The zero-order valence-electron chi connectivity index (χ0n) is 12.5. The number of morpholine rings is 1. The third kappa shape index (κ3) is 2.71. The first-order chi connectivity index (χ1) is 9.73. The van der Waals surface area contributed by atoms with Crippen molar-refractivity contribution in [2.45, 2.75) is 44.8 Å². The molecule has 20 heavy (non-hydrogen) atoms. The van der Waals surface area contributed by atoms with E-state index in [0.29, 0.717) is 12.6 Å². The molecule has 3 saturated heterocycles. The second-order valence-corrected chi connectivity index (χ2v) is 6.52. The minimum Gasteiger partial charge on any atom is -0.373 e. The van der Waals surface area contributed by atoms with Crippen LogP contribution in [0.2, 0.25) is 0 Å². The topological polar surface area (TPSA) is 53.6 Å². The summed E-state index contributed by atoms with van der Waals surface area (Å²) in [6.07, 6.45) is 4.58. The van der Waals surface area contributed by atoms with Gasteiger partial charge in [0.25, 0.3) is 0 Å². The number of hydrogen-bond acceptors (Lipinski definition) is 4. The van der Waals surface area contributed by atoms with Crippen LogP contribution >= 0.6 is 0 Å². The summed E-state index contributed by atoms with van der Waals surface area (Å²) in [5.74, 6) is 0.206. The lowest BCUT2D eigenvalue weighted by Gasteiger charge is -2.36. The van der Waals surface area contributed by atoms with E-state index in [-0.39, 0.29) is 17.4 Å². The van der Waals surface area contributed by atoms with Crippen LogP contribution in [0.5, 0.6) is 0 Å². The predicted octanol–water partition coefficient (Wildman–Crippen LogP) is 0.356. The van der Waals surface area contributed by atoms with Gasteiger partial charge in [-0.2, -0.15) is 0 Å². The third-order valence-electron chi connectivity index (χ3n) is 5.35. The van der Waals surface area contributed by atoms with Crippen molar-refractivity contribution in [1.29, 1.82) is 0 Å². The Labute approximate surface area is 121 Å². The van der Waals surface area contributed by atoms with Crippen LogP contribution in [0.4, 0.5) is 0 Å². The fourth-order valence-electron chi connectivity index (χ4n) is 3.80. The minimum absolute atomic E-state index is 0.163. The largest absolute Gasteiger partial charge is 0.373 e. The van der Waals surface area contributed by atoms with Crippen LogP contribution in [0.15, 0.2) is 0 Å².